The fourth-order valence-electron chi connectivity index (χ4n) is 0.749. The molecule has 0 saturated heterocycles. The van der Waals surface area contributed by atoms with Gasteiger partial charge in [-0.25, -0.2) is 0 Å². The van der Waals surface area contributed by atoms with Crippen LogP contribution in [0.2, 0.25) is 0 Å². The summed E-state index contributed by atoms with van der Waals surface area (Å²) in [4.78, 5) is 26.0. The molecular formula is C9H17NO5. The van der Waals surface area contributed by atoms with Gasteiger partial charge in [-0.15, -0.1) is 0 Å². The van der Waals surface area contributed by atoms with Gasteiger partial charge in [-0.3, -0.25) is 14.4 Å². The first kappa shape index (κ1) is 13.9. The summed E-state index contributed by atoms with van der Waals surface area (Å²) in [6.07, 6.45) is -0.224. The standard InChI is InChI=1S/C9H17NO5/c1-9(2,3)15-10-6(8(13)14)4-5-7(11)12/h6,10H,4-5H2,1-3H3,(H,11,12)(H,13,14). The van der Waals surface area contributed by atoms with E-state index >= 15 is 0 Å². The highest BCUT2D eigenvalue weighted by Gasteiger charge is 2.21. The van der Waals surface area contributed by atoms with Gasteiger partial charge in [0.1, 0.15) is 6.04 Å². The maximum atomic E-state index is 10.7. The second-order valence-corrected chi connectivity index (χ2v) is 4.16. The molecule has 1 atom stereocenters. The van der Waals surface area contributed by atoms with Gasteiger partial charge in [0.25, 0.3) is 0 Å². The van der Waals surface area contributed by atoms with Gasteiger partial charge in [0.05, 0.1) is 5.60 Å². The van der Waals surface area contributed by atoms with E-state index in [9.17, 15) is 9.59 Å². The molecule has 88 valence electrons. The van der Waals surface area contributed by atoms with E-state index in [0.29, 0.717) is 0 Å². The molecule has 3 N–H and O–H groups in total. The number of carboxylic acid groups (broad SMARTS) is 2. The molecule has 0 spiro atoms. The highest BCUT2D eigenvalue weighted by atomic mass is 16.7. The Morgan fingerprint density at radius 1 is 1.33 bits per heavy atom. The Kier molecular flexibility index (Phi) is 5.24. The molecule has 1 unspecified atom stereocenters. The van der Waals surface area contributed by atoms with Crippen LogP contribution in [0.5, 0.6) is 0 Å². The molecule has 0 saturated carbocycles. The van der Waals surface area contributed by atoms with Crippen LogP contribution in [0.25, 0.3) is 0 Å². The Labute approximate surface area is 88.2 Å². The summed E-state index contributed by atoms with van der Waals surface area (Å²) in [6.45, 7) is 5.28. The van der Waals surface area contributed by atoms with E-state index in [0.717, 1.165) is 0 Å². The molecule has 0 amide bonds. The normalized spacial score (nSPS) is 13.5. The monoisotopic (exact) mass is 219 g/mol. The fraction of sp³-hybridized carbons (Fsp3) is 0.778. The Morgan fingerprint density at radius 3 is 2.20 bits per heavy atom. The lowest BCUT2D eigenvalue weighted by Gasteiger charge is -2.22. The molecule has 0 aliphatic rings. The number of carboxylic acids is 2. The second kappa shape index (κ2) is 5.67. The summed E-state index contributed by atoms with van der Waals surface area (Å²) in [6, 6.07) is -1.000. The van der Waals surface area contributed by atoms with E-state index in [1.807, 2.05) is 0 Å². The number of aliphatic carboxylic acids is 2. The van der Waals surface area contributed by atoms with Crippen molar-refractivity contribution in [2.75, 3.05) is 0 Å². The number of rotatable bonds is 6. The lowest BCUT2D eigenvalue weighted by molar-refractivity contribution is -0.151. The minimum absolute atomic E-state index is 0.0131. The van der Waals surface area contributed by atoms with Gasteiger partial charge in [-0.2, -0.15) is 5.48 Å². The van der Waals surface area contributed by atoms with Gasteiger partial charge < -0.3 is 10.2 Å². The lowest BCUT2D eigenvalue weighted by Crippen LogP contribution is -2.41. The van der Waals surface area contributed by atoms with Crippen molar-refractivity contribution in [1.29, 1.82) is 0 Å². The second-order valence-electron chi connectivity index (χ2n) is 4.16. The predicted molar refractivity (Wildman–Crippen MR) is 52.3 cm³/mol. The molecule has 0 aromatic rings. The highest BCUT2D eigenvalue weighted by Crippen LogP contribution is 2.06. The minimum Gasteiger partial charge on any atom is -0.481 e. The summed E-state index contributed by atoms with van der Waals surface area (Å²) < 4.78 is 0. The van der Waals surface area contributed by atoms with E-state index in [1.165, 1.54) is 0 Å². The smallest absolute Gasteiger partial charge is 0.323 e. The van der Waals surface area contributed by atoms with Crippen LogP contribution >= 0.6 is 0 Å². The van der Waals surface area contributed by atoms with Crippen molar-refractivity contribution in [3.8, 4) is 0 Å². The Bertz CT molecular complexity index is 233. The molecule has 0 aliphatic heterocycles. The van der Waals surface area contributed by atoms with Crippen LogP contribution in [0.1, 0.15) is 33.6 Å². The van der Waals surface area contributed by atoms with Gasteiger partial charge in [0, 0.05) is 6.42 Å². The van der Waals surface area contributed by atoms with Crippen molar-refractivity contribution in [3.63, 3.8) is 0 Å². The number of carbonyl (C=O) groups is 2. The third-order valence-corrected chi connectivity index (χ3v) is 1.45. The zero-order valence-corrected chi connectivity index (χ0v) is 9.11. The summed E-state index contributed by atoms with van der Waals surface area (Å²) in [7, 11) is 0. The maximum Gasteiger partial charge on any atom is 0.323 e. The Morgan fingerprint density at radius 2 is 1.87 bits per heavy atom. The zero-order valence-electron chi connectivity index (χ0n) is 9.11. The van der Waals surface area contributed by atoms with Crippen LogP contribution < -0.4 is 5.48 Å². The van der Waals surface area contributed by atoms with Crippen LogP contribution in [-0.2, 0) is 14.4 Å². The van der Waals surface area contributed by atoms with Crippen LogP contribution in [0.15, 0.2) is 0 Å². The Balaban J connectivity index is 4.06. The van der Waals surface area contributed by atoms with E-state index in [2.05, 4.69) is 5.48 Å². The molecule has 0 heterocycles. The maximum absolute atomic E-state index is 10.7. The first-order valence-electron chi connectivity index (χ1n) is 4.60. The zero-order chi connectivity index (χ0) is 12.1. The summed E-state index contributed by atoms with van der Waals surface area (Å²) in [5.74, 6) is -2.15. The first-order chi connectivity index (χ1) is 6.72. The molecule has 0 aromatic heterocycles. The summed E-state index contributed by atoms with van der Waals surface area (Å²) in [5, 5.41) is 17.2. The SMILES string of the molecule is CC(C)(C)ONC(CCC(=O)O)C(=O)O. The number of hydrogen-bond acceptors (Lipinski definition) is 4. The molecule has 0 rings (SSSR count). The molecule has 0 fully saturated rings. The molecule has 0 radical (unpaired) electrons. The lowest BCUT2D eigenvalue weighted by atomic mass is 10.1. The number of nitrogens with one attached hydrogen (secondary N) is 1. The number of hydrogen-bond donors (Lipinski definition) is 3. The van der Waals surface area contributed by atoms with Crippen LogP contribution in [0, 0.1) is 0 Å². The molecule has 6 nitrogen and oxygen atoms in total. The third-order valence-electron chi connectivity index (χ3n) is 1.45. The topological polar surface area (TPSA) is 95.9 Å². The van der Waals surface area contributed by atoms with E-state index in [-0.39, 0.29) is 12.8 Å². The third kappa shape index (κ3) is 7.90. The fourth-order valence-corrected chi connectivity index (χ4v) is 0.749. The van der Waals surface area contributed by atoms with Crippen molar-refractivity contribution in [3.05, 3.63) is 0 Å². The molecule has 0 bridgehead atoms. The quantitative estimate of drug-likeness (QED) is 0.567. The van der Waals surface area contributed by atoms with Crippen molar-refractivity contribution < 1.29 is 24.6 Å². The molecule has 0 aromatic carbocycles. The van der Waals surface area contributed by atoms with E-state index < -0.39 is 23.6 Å². The highest BCUT2D eigenvalue weighted by molar-refractivity contribution is 5.74. The van der Waals surface area contributed by atoms with Crippen molar-refractivity contribution >= 4 is 11.9 Å². The van der Waals surface area contributed by atoms with Crippen molar-refractivity contribution in [1.82, 2.24) is 5.48 Å². The summed E-state index contributed by atoms with van der Waals surface area (Å²) in [5.41, 5.74) is 1.83. The molecule has 0 aliphatic carbocycles. The molecular weight excluding hydrogens is 202 g/mol. The van der Waals surface area contributed by atoms with Gasteiger partial charge in [0.2, 0.25) is 0 Å². The van der Waals surface area contributed by atoms with E-state index in [4.69, 9.17) is 15.1 Å². The molecule has 15 heavy (non-hydrogen) atoms. The van der Waals surface area contributed by atoms with Crippen LogP contribution in [-0.4, -0.2) is 33.8 Å². The van der Waals surface area contributed by atoms with Crippen molar-refractivity contribution in [2.45, 2.75) is 45.3 Å². The average molecular weight is 219 g/mol. The van der Waals surface area contributed by atoms with Crippen molar-refractivity contribution in [2.24, 2.45) is 0 Å². The van der Waals surface area contributed by atoms with Crippen LogP contribution in [0.4, 0.5) is 0 Å². The largest absolute Gasteiger partial charge is 0.481 e. The summed E-state index contributed by atoms with van der Waals surface area (Å²) >= 11 is 0. The van der Waals surface area contributed by atoms with Gasteiger partial charge in [-0.1, -0.05) is 0 Å². The average Bonchev–Trinajstić information content (AvgIpc) is 2.00. The number of hydroxylamine groups is 1. The Hall–Kier alpha value is -1.14. The van der Waals surface area contributed by atoms with Gasteiger partial charge >= 0.3 is 11.9 Å². The van der Waals surface area contributed by atoms with Crippen LogP contribution in [0.3, 0.4) is 0 Å². The first-order valence-corrected chi connectivity index (χ1v) is 4.60. The minimum atomic E-state index is -1.12. The van der Waals surface area contributed by atoms with Gasteiger partial charge in [0.15, 0.2) is 0 Å². The molecule has 6 heteroatoms. The van der Waals surface area contributed by atoms with Gasteiger partial charge in [-0.05, 0) is 27.2 Å². The van der Waals surface area contributed by atoms with E-state index in [1.54, 1.807) is 20.8 Å². The predicted octanol–water partition coefficient (Wildman–Crippen LogP) is 0.624.